The molecule has 0 aliphatic carbocycles. The highest BCUT2D eigenvalue weighted by Gasteiger charge is 2.37. The number of carbonyl (C=O) groups is 2. The van der Waals surface area contributed by atoms with Gasteiger partial charge in [0.1, 0.15) is 18.8 Å². The quantitative estimate of drug-likeness (QED) is 0.803. The topological polar surface area (TPSA) is 55.8 Å². The first-order valence-corrected chi connectivity index (χ1v) is 6.81. The number of alkyl halides is 1. The van der Waals surface area contributed by atoms with Crippen LogP contribution in [0.4, 0.5) is 9.18 Å². The van der Waals surface area contributed by atoms with E-state index in [2.05, 4.69) is 4.74 Å². The number of hydrogen-bond donors (Lipinski definition) is 0. The van der Waals surface area contributed by atoms with Gasteiger partial charge in [0.05, 0.1) is 13.7 Å². The van der Waals surface area contributed by atoms with Crippen LogP contribution in [-0.4, -0.2) is 42.8 Å². The summed E-state index contributed by atoms with van der Waals surface area (Å²) in [6.07, 6.45) is -1.36. The van der Waals surface area contributed by atoms with E-state index in [-0.39, 0.29) is 26.0 Å². The number of ether oxygens (including phenoxy) is 2. The van der Waals surface area contributed by atoms with Gasteiger partial charge in [-0.1, -0.05) is 30.3 Å². The lowest BCUT2D eigenvalue weighted by Crippen LogP contribution is -2.51. The van der Waals surface area contributed by atoms with Crippen LogP contribution >= 0.6 is 0 Å². The van der Waals surface area contributed by atoms with Gasteiger partial charge in [-0.2, -0.15) is 0 Å². The number of hydrogen-bond acceptors (Lipinski definition) is 4. The van der Waals surface area contributed by atoms with Crippen LogP contribution in [0.5, 0.6) is 0 Å². The molecule has 1 saturated heterocycles. The lowest BCUT2D eigenvalue weighted by Gasteiger charge is -2.34. The van der Waals surface area contributed by atoms with Gasteiger partial charge in [0.25, 0.3) is 0 Å². The average Bonchev–Trinajstić information content (AvgIpc) is 2.52. The lowest BCUT2D eigenvalue weighted by molar-refractivity contribution is -0.148. The summed E-state index contributed by atoms with van der Waals surface area (Å²) >= 11 is 0. The van der Waals surface area contributed by atoms with Gasteiger partial charge in [0.2, 0.25) is 0 Å². The summed E-state index contributed by atoms with van der Waals surface area (Å²) in [5.41, 5.74) is 0.828. The van der Waals surface area contributed by atoms with Crippen LogP contribution in [0, 0.1) is 0 Å². The fraction of sp³-hybridized carbons (Fsp3) is 0.467. The Morgan fingerprint density at radius 1 is 1.29 bits per heavy atom. The average molecular weight is 295 g/mol. The van der Waals surface area contributed by atoms with Gasteiger partial charge in [0, 0.05) is 0 Å². The first-order valence-electron chi connectivity index (χ1n) is 6.81. The van der Waals surface area contributed by atoms with Crippen molar-refractivity contribution in [1.29, 1.82) is 0 Å². The molecule has 0 spiro atoms. The number of likely N-dealkylation sites (tertiary alicyclic amines) is 1. The summed E-state index contributed by atoms with van der Waals surface area (Å²) in [5.74, 6) is -0.543. The van der Waals surface area contributed by atoms with E-state index in [1.165, 1.54) is 7.11 Å². The Morgan fingerprint density at radius 3 is 2.67 bits per heavy atom. The van der Waals surface area contributed by atoms with E-state index in [1.54, 1.807) is 0 Å². The monoisotopic (exact) mass is 295 g/mol. The van der Waals surface area contributed by atoms with Crippen molar-refractivity contribution in [3.05, 3.63) is 35.9 Å². The van der Waals surface area contributed by atoms with Crippen molar-refractivity contribution in [3.63, 3.8) is 0 Å². The smallest absolute Gasteiger partial charge is 0.410 e. The third kappa shape index (κ3) is 3.93. The molecule has 1 aromatic carbocycles. The second-order valence-electron chi connectivity index (χ2n) is 4.91. The molecule has 1 amide bonds. The Labute approximate surface area is 122 Å². The minimum Gasteiger partial charge on any atom is -0.467 e. The number of rotatable bonds is 3. The molecule has 0 aromatic heterocycles. The highest BCUT2D eigenvalue weighted by molar-refractivity contribution is 5.81. The van der Waals surface area contributed by atoms with E-state index in [0.29, 0.717) is 0 Å². The molecule has 1 aliphatic heterocycles. The zero-order chi connectivity index (χ0) is 15.2. The number of methoxy groups -OCH3 is 1. The van der Waals surface area contributed by atoms with Gasteiger partial charge in [-0.05, 0) is 18.4 Å². The summed E-state index contributed by atoms with van der Waals surface area (Å²) in [6, 6.07) is 8.39. The highest BCUT2D eigenvalue weighted by Crippen LogP contribution is 2.21. The van der Waals surface area contributed by atoms with Crippen LogP contribution in [-0.2, 0) is 20.9 Å². The molecule has 0 saturated carbocycles. The maximum atomic E-state index is 13.5. The molecule has 2 rings (SSSR count). The fourth-order valence-corrected chi connectivity index (χ4v) is 2.31. The van der Waals surface area contributed by atoms with E-state index in [1.807, 2.05) is 30.3 Å². The van der Waals surface area contributed by atoms with Gasteiger partial charge < -0.3 is 9.47 Å². The predicted molar refractivity (Wildman–Crippen MR) is 73.3 cm³/mol. The number of halogens is 1. The normalized spacial score (nSPS) is 21.7. The van der Waals surface area contributed by atoms with Crippen molar-refractivity contribution >= 4 is 12.1 Å². The number of piperidine rings is 1. The molecule has 6 heteroatoms. The Hall–Kier alpha value is -2.11. The third-order valence-electron chi connectivity index (χ3n) is 3.44. The van der Waals surface area contributed by atoms with E-state index in [0.717, 1.165) is 10.5 Å². The van der Waals surface area contributed by atoms with Crippen LogP contribution in [0.25, 0.3) is 0 Å². The molecule has 1 aromatic rings. The van der Waals surface area contributed by atoms with Crippen LogP contribution in [0.15, 0.2) is 30.3 Å². The fourth-order valence-electron chi connectivity index (χ4n) is 2.31. The number of esters is 1. The molecule has 1 aliphatic rings. The highest BCUT2D eigenvalue weighted by atomic mass is 19.1. The first-order chi connectivity index (χ1) is 10.1. The van der Waals surface area contributed by atoms with Crippen molar-refractivity contribution in [2.75, 3.05) is 13.7 Å². The van der Waals surface area contributed by atoms with Crippen LogP contribution < -0.4 is 0 Å². The number of nitrogens with zero attached hydrogens (tertiary/aromatic N) is 1. The van der Waals surface area contributed by atoms with Gasteiger partial charge in [0.15, 0.2) is 0 Å². The third-order valence-corrected chi connectivity index (χ3v) is 3.44. The zero-order valence-electron chi connectivity index (χ0n) is 11.8. The first kappa shape index (κ1) is 15.3. The Bertz CT molecular complexity index is 494. The van der Waals surface area contributed by atoms with Gasteiger partial charge >= 0.3 is 12.1 Å². The largest absolute Gasteiger partial charge is 0.467 e. The van der Waals surface area contributed by atoms with Crippen LogP contribution in [0.1, 0.15) is 18.4 Å². The molecule has 0 N–H and O–H groups in total. The van der Waals surface area contributed by atoms with Crippen LogP contribution in [0.2, 0.25) is 0 Å². The second-order valence-corrected chi connectivity index (χ2v) is 4.91. The maximum absolute atomic E-state index is 13.5. The van der Waals surface area contributed by atoms with E-state index in [9.17, 15) is 14.0 Å². The van der Waals surface area contributed by atoms with E-state index in [4.69, 9.17) is 4.74 Å². The molecule has 0 unspecified atom stereocenters. The zero-order valence-corrected chi connectivity index (χ0v) is 11.8. The van der Waals surface area contributed by atoms with Gasteiger partial charge in [-0.15, -0.1) is 0 Å². The molecule has 5 nitrogen and oxygen atoms in total. The standard InChI is InChI=1S/C15H18FNO4/c1-20-14(18)13-8-7-12(16)9-17(13)15(19)21-10-11-5-3-2-4-6-11/h2-6,12-13H,7-10H2,1H3/t12-,13+/m1/s1. The minimum absolute atomic E-state index is 0.0843. The van der Waals surface area contributed by atoms with Crippen molar-refractivity contribution in [2.45, 2.75) is 31.7 Å². The molecule has 1 fully saturated rings. The van der Waals surface area contributed by atoms with Crippen molar-refractivity contribution in [2.24, 2.45) is 0 Å². The van der Waals surface area contributed by atoms with E-state index >= 15 is 0 Å². The lowest BCUT2D eigenvalue weighted by atomic mass is 10.0. The summed E-state index contributed by atoms with van der Waals surface area (Å²) in [4.78, 5) is 24.9. The summed E-state index contributed by atoms with van der Waals surface area (Å²) in [5, 5.41) is 0. The Balaban J connectivity index is 1.98. The minimum atomic E-state index is -1.14. The molecule has 21 heavy (non-hydrogen) atoms. The van der Waals surface area contributed by atoms with Gasteiger partial charge in [-0.3, -0.25) is 4.90 Å². The summed E-state index contributed by atoms with van der Waals surface area (Å²) in [7, 11) is 1.25. The predicted octanol–water partition coefficient (Wildman–Crippen LogP) is 2.30. The van der Waals surface area contributed by atoms with Crippen molar-refractivity contribution in [1.82, 2.24) is 4.90 Å². The van der Waals surface area contributed by atoms with Crippen molar-refractivity contribution in [3.8, 4) is 0 Å². The Kier molecular flexibility index (Phi) is 5.14. The molecule has 1 heterocycles. The van der Waals surface area contributed by atoms with Gasteiger partial charge in [-0.25, -0.2) is 14.0 Å². The number of carbonyl (C=O) groups excluding carboxylic acids is 2. The number of benzene rings is 1. The molecular weight excluding hydrogens is 277 g/mol. The summed E-state index contributed by atoms with van der Waals surface area (Å²) < 4.78 is 23.3. The summed E-state index contributed by atoms with van der Waals surface area (Å²) in [6.45, 7) is -0.0611. The molecule has 2 atom stereocenters. The molecular formula is C15H18FNO4. The SMILES string of the molecule is COC(=O)[C@@H]1CC[C@@H](F)CN1C(=O)OCc1ccccc1. The molecule has 0 bridgehead atoms. The van der Waals surface area contributed by atoms with Crippen molar-refractivity contribution < 1.29 is 23.5 Å². The van der Waals surface area contributed by atoms with E-state index < -0.39 is 24.3 Å². The Morgan fingerprint density at radius 2 is 2.00 bits per heavy atom. The second kappa shape index (κ2) is 7.06. The maximum Gasteiger partial charge on any atom is 0.410 e. The molecule has 114 valence electrons. The molecule has 0 radical (unpaired) electrons. The number of amides is 1. The van der Waals surface area contributed by atoms with Crippen LogP contribution in [0.3, 0.4) is 0 Å².